The zero-order valence-electron chi connectivity index (χ0n) is 4.84. The van der Waals surface area contributed by atoms with E-state index in [9.17, 15) is 9.70 Å². The van der Waals surface area contributed by atoms with Crippen molar-refractivity contribution in [2.75, 3.05) is 0 Å². The Hall–Kier alpha value is -0.930. The molecular weight excluding hydrogens is 108 g/mol. The average molecular weight is 116 g/mol. The van der Waals surface area contributed by atoms with Crippen molar-refractivity contribution in [2.45, 2.75) is 20.0 Å². The van der Waals surface area contributed by atoms with Crippen molar-refractivity contribution < 1.29 is 4.79 Å². The van der Waals surface area contributed by atoms with Crippen LogP contribution < -0.4 is 5.32 Å². The molecule has 0 aliphatic carbocycles. The van der Waals surface area contributed by atoms with Gasteiger partial charge in [-0.3, -0.25) is 4.79 Å². The molecule has 0 rings (SSSR count). The van der Waals surface area contributed by atoms with Gasteiger partial charge < -0.3 is 5.32 Å². The Morgan fingerprint density at radius 1 is 1.75 bits per heavy atom. The molecule has 1 N–H and O–H groups in total. The molecule has 0 aromatic rings. The fraction of sp³-hybridized carbons (Fsp3) is 0.750. The lowest BCUT2D eigenvalue weighted by molar-refractivity contribution is -0.119. The lowest BCUT2D eigenvalue weighted by Crippen LogP contribution is -2.27. The summed E-state index contributed by atoms with van der Waals surface area (Å²) in [6, 6.07) is 0. The lowest BCUT2D eigenvalue weighted by atomic mass is 10.5. The van der Waals surface area contributed by atoms with Gasteiger partial charge in [0.2, 0.25) is 5.91 Å². The SMILES string of the molecule is CC(=O)NC(C)N=O. The maximum absolute atomic E-state index is 10.1. The molecular formula is C4H8N2O2. The molecule has 0 aromatic carbocycles. The number of nitroso groups, excluding NO2 is 1. The van der Waals surface area contributed by atoms with E-state index < -0.39 is 6.17 Å². The van der Waals surface area contributed by atoms with Crippen LogP contribution in [0.4, 0.5) is 0 Å². The van der Waals surface area contributed by atoms with E-state index in [4.69, 9.17) is 0 Å². The number of carbonyl (C=O) groups excluding carboxylic acids is 1. The molecule has 0 radical (unpaired) electrons. The van der Waals surface area contributed by atoms with Crippen LogP contribution >= 0.6 is 0 Å². The topological polar surface area (TPSA) is 58.5 Å². The van der Waals surface area contributed by atoms with E-state index in [-0.39, 0.29) is 5.91 Å². The molecule has 1 amide bonds. The van der Waals surface area contributed by atoms with Crippen LogP contribution in [-0.2, 0) is 4.79 Å². The first-order valence-electron chi connectivity index (χ1n) is 2.26. The molecule has 0 saturated heterocycles. The zero-order valence-corrected chi connectivity index (χ0v) is 4.84. The van der Waals surface area contributed by atoms with E-state index in [0.717, 1.165) is 0 Å². The summed E-state index contributed by atoms with van der Waals surface area (Å²) in [5.74, 6) is -0.239. The van der Waals surface area contributed by atoms with Crippen LogP contribution in [0.3, 0.4) is 0 Å². The quantitative estimate of drug-likeness (QED) is 0.525. The number of amides is 1. The van der Waals surface area contributed by atoms with Gasteiger partial charge in [0.1, 0.15) is 0 Å². The average Bonchev–Trinajstić information content (AvgIpc) is 1.65. The van der Waals surface area contributed by atoms with Gasteiger partial charge in [-0.15, -0.1) is 4.91 Å². The van der Waals surface area contributed by atoms with Crippen LogP contribution in [0.5, 0.6) is 0 Å². The van der Waals surface area contributed by atoms with Gasteiger partial charge in [-0.25, -0.2) is 0 Å². The minimum Gasteiger partial charge on any atom is -0.332 e. The van der Waals surface area contributed by atoms with Gasteiger partial charge in [-0.05, 0) is 12.1 Å². The Morgan fingerprint density at radius 2 is 2.25 bits per heavy atom. The molecule has 0 aliphatic heterocycles. The molecule has 1 unspecified atom stereocenters. The Bertz CT molecular complexity index is 102. The predicted octanol–water partition coefficient (Wildman–Crippen LogP) is 0.235. The van der Waals surface area contributed by atoms with Gasteiger partial charge in [0.15, 0.2) is 6.17 Å². The lowest BCUT2D eigenvalue weighted by Gasteiger charge is -1.99. The van der Waals surface area contributed by atoms with Crippen LogP contribution in [0.15, 0.2) is 5.18 Å². The van der Waals surface area contributed by atoms with Crippen LogP contribution in [0.2, 0.25) is 0 Å². The highest BCUT2D eigenvalue weighted by molar-refractivity contribution is 5.73. The highest BCUT2D eigenvalue weighted by atomic mass is 16.3. The molecule has 0 aromatic heterocycles. The van der Waals surface area contributed by atoms with Crippen molar-refractivity contribution >= 4 is 5.91 Å². The van der Waals surface area contributed by atoms with Crippen molar-refractivity contribution in [1.82, 2.24) is 5.32 Å². The highest BCUT2D eigenvalue weighted by Gasteiger charge is 1.98. The molecule has 0 fully saturated rings. The van der Waals surface area contributed by atoms with Gasteiger partial charge in [0.25, 0.3) is 0 Å². The number of hydrogen-bond donors (Lipinski definition) is 1. The van der Waals surface area contributed by atoms with E-state index in [0.29, 0.717) is 0 Å². The van der Waals surface area contributed by atoms with Gasteiger partial charge in [-0.2, -0.15) is 0 Å². The molecule has 0 saturated carbocycles. The normalized spacial score (nSPS) is 12.2. The zero-order chi connectivity index (χ0) is 6.57. The minimum atomic E-state index is -0.604. The first kappa shape index (κ1) is 7.07. The number of carbonyl (C=O) groups is 1. The third-order valence-corrected chi connectivity index (χ3v) is 0.570. The first-order valence-corrected chi connectivity index (χ1v) is 2.26. The van der Waals surface area contributed by atoms with E-state index in [2.05, 4.69) is 10.5 Å². The number of rotatable bonds is 2. The van der Waals surface area contributed by atoms with Crippen LogP contribution in [0.25, 0.3) is 0 Å². The van der Waals surface area contributed by atoms with E-state index in [1.807, 2.05) is 0 Å². The van der Waals surface area contributed by atoms with Gasteiger partial charge in [-0.1, -0.05) is 0 Å². The molecule has 0 heterocycles. The summed E-state index contributed by atoms with van der Waals surface area (Å²) in [5, 5.41) is 4.82. The molecule has 0 spiro atoms. The maximum Gasteiger partial charge on any atom is 0.218 e. The molecule has 0 bridgehead atoms. The third kappa shape index (κ3) is 3.27. The molecule has 46 valence electrons. The minimum absolute atomic E-state index is 0.239. The molecule has 4 heteroatoms. The van der Waals surface area contributed by atoms with Crippen LogP contribution in [0.1, 0.15) is 13.8 Å². The highest BCUT2D eigenvalue weighted by Crippen LogP contribution is 1.78. The van der Waals surface area contributed by atoms with Crippen molar-refractivity contribution in [2.24, 2.45) is 5.18 Å². The number of nitrogens with zero attached hydrogens (tertiary/aromatic N) is 1. The summed E-state index contributed by atoms with van der Waals surface area (Å²) >= 11 is 0. The van der Waals surface area contributed by atoms with E-state index in [1.54, 1.807) is 0 Å². The monoisotopic (exact) mass is 116 g/mol. The summed E-state index contributed by atoms with van der Waals surface area (Å²) < 4.78 is 0. The third-order valence-electron chi connectivity index (χ3n) is 0.570. The Morgan fingerprint density at radius 3 is 2.38 bits per heavy atom. The Balaban J connectivity index is 3.38. The standard InChI is InChI=1S/C4H8N2O2/c1-3(6-8)5-4(2)7/h3H,1-2H3,(H,5,7). The van der Waals surface area contributed by atoms with Crippen LogP contribution in [-0.4, -0.2) is 12.1 Å². The summed E-state index contributed by atoms with van der Waals surface area (Å²) in [6.45, 7) is 2.84. The fourth-order valence-corrected chi connectivity index (χ4v) is 0.321. The summed E-state index contributed by atoms with van der Waals surface area (Å²) in [6.07, 6.45) is -0.604. The molecule has 8 heavy (non-hydrogen) atoms. The largest absolute Gasteiger partial charge is 0.332 e. The van der Waals surface area contributed by atoms with Crippen molar-refractivity contribution in [3.05, 3.63) is 4.91 Å². The van der Waals surface area contributed by atoms with E-state index >= 15 is 0 Å². The van der Waals surface area contributed by atoms with Crippen LogP contribution in [0, 0.1) is 4.91 Å². The second kappa shape index (κ2) is 3.12. The van der Waals surface area contributed by atoms with E-state index in [1.165, 1.54) is 13.8 Å². The second-order valence-corrected chi connectivity index (χ2v) is 1.48. The van der Waals surface area contributed by atoms with Gasteiger partial charge in [0, 0.05) is 6.92 Å². The molecule has 0 aliphatic rings. The van der Waals surface area contributed by atoms with Crippen molar-refractivity contribution in [3.8, 4) is 0 Å². The summed E-state index contributed by atoms with van der Waals surface area (Å²) in [5.41, 5.74) is 0. The summed E-state index contributed by atoms with van der Waals surface area (Å²) in [4.78, 5) is 19.7. The predicted molar refractivity (Wildman–Crippen MR) is 29.1 cm³/mol. The molecule has 1 atom stereocenters. The van der Waals surface area contributed by atoms with Crippen molar-refractivity contribution in [3.63, 3.8) is 0 Å². The second-order valence-electron chi connectivity index (χ2n) is 1.48. The number of hydrogen-bond acceptors (Lipinski definition) is 3. The summed E-state index contributed by atoms with van der Waals surface area (Å²) in [7, 11) is 0. The smallest absolute Gasteiger partial charge is 0.218 e. The first-order chi connectivity index (χ1) is 3.66. The van der Waals surface area contributed by atoms with Crippen molar-refractivity contribution in [1.29, 1.82) is 0 Å². The fourth-order valence-electron chi connectivity index (χ4n) is 0.321. The maximum atomic E-state index is 10.1. The molecule has 4 nitrogen and oxygen atoms in total. The van der Waals surface area contributed by atoms with Gasteiger partial charge >= 0.3 is 0 Å². The Labute approximate surface area is 47.2 Å². The van der Waals surface area contributed by atoms with Gasteiger partial charge in [0.05, 0.1) is 0 Å². The Kier molecular flexibility index (Phi) is 2.76. The number of nitrogens with one attached hydrogen (secondary N) is 1.